The largest absolute Gasteiger partial charge is 0.477 e. The third kappa shape index (κ3) is 2.26. The molecule has 0 bridgehead atoms. The van der Waals surface area contributed by atoms with E-state index in [1.165, 1.54) is 11.9 Å². The van der Waals surface area contributed by atoms with Crippen LogP contribution in [-0.4, -0.2) is 24.5 Å². The Morgan fingerprint density at radius 2 is 2.00 bits per heavy atom. The Morgan fingerprint density at radius 3 is 2.56 bits per heavy atom. The number of benzene rings is 1. The number of rotatable bonds is 4. The predicted molar refractivity (Wildman–Crippen MR) is 71.2 cm³/mol. The molecule has 1 N–H and O–H groups in total. The first-order chi connectivity index (χ1) is 8.63. The zero-order valence-corrected chi connectivity index (χ0v) is 10.5. The highest BCUT2D eigenvalue weighted by atomic mass is 32.1. The minimum Gasteiger partial charge on any atom is -0.477 e. The fourth-order valence-corrected chi connectivity index (χ4v) is 2.64. The summed E-state index contributed by atoms with van der Waals surface area (Å²) in [5.74, 6) is -1.02. The van der Waals surface area contributed by atoms with Crippen molar-refractivity contribution in [3.8, 4) is 10.4 Å². The first kappa shape index (κ1) is 12.3. The van der Waals surface area contributed by atoms with Gasteiger partial charge >= 0.3 is 5.97 Å². The summed E-state index contributed by atoms with van der Waals surface area (Å²) in [4.78, 5) is 24.2. The summed E-state index contributed by atoms with van der Waals surface area (Å²) in [5.41, 5.74) is 1.36. The molecule has 0 spiro atoms. The average molecular weight is 261 g/mol. The lowest BCUT2D eigenvalue weighted by molar-refractivity contribution is -0.107. The van der Waals surface area contributed by atoms with E-state index >= 15 is 0 Å². The molecule has 0 atom stereocenters. The lowest BCUT2D eigenvalue weighted by Crippen LogP contribution is -2.15. The van der Waals surface area contributed by atoms with E-state index in [9.17, 15) is 9.59 Å². The van der Waals surface area contributed by atoms with Gasteiger partial charge in [-0.25, -0.2) is 4.79 Å². The molecule has 92 valence electrons. The Labute approximate surface area is 108 Å². The molecule has 4 nitrogen and oxygen atoms in total. The molecule has 2 aromatic rings. The van der Waals surface area contributed by atoms with Gasteiger partial charge in [-0.1, -0.05) is 30.3 Å². The van der Waals surface area contributed by atoms with E-state index in [4.69, 9.17) is 5.11 Å². The van der Waals surface area contributed by atoms with Crippen LogP contribution in [0.25, 0.3) is 10.4 Å². The van der Waals surface area contributed by atoms with Gasteiger partial charge in [-0.3, -0.25) is 4.79 Å². The third-order valence-corrected chi connectivity index (χ3v) is 3.66. The molecule has 2 rings (SSSR count). The van der Waals surface area contributed by atoms with Crippen molar-refractivity contribution in [3.05, 3.63) is 41.3 Å². The highest BCUT2D eigenvalue weighted by Gasteiger charge is 2.18. The molecule has 0 unspecified atom stereocenters. The lowest BCUT2D eigenvalue weighted by Gasteiger charge is -2.08. The quantitative estimate of drug-likeness (QED) is 0.861. The van der Waals surface area contributed by atoms with Gasteiger partial charge in [0.05, 0.1) is 5.69 Å². The summed E-state index contributed by atoms with van der Waals surface area (Å²) in [6.07, 6.45) is 0.600. The number of amides is 1. The van der Waals surface area contributed by atoms with Gasteiger partial charge in [0.25, 0.3) is 0 Å². The predicted octanol–water partition coefficient (Wildman–Crippen LogP) is 2.71. The fraction of sp³-hybridized carbons (Fsp3) is 0.0769. The molecule has 1 amide bonds. The Balaban J connectivity index is 2.52. The molecule has 0 fully saturated rings. The normalized spacial score (nSPS) is 10.1. The second-order valence-electron chi connectivity index (χ2n) is 3.71. The van der Waals surface area contributed by atoms with Gasteiger partial charge in [0.2, 0.25) is 6.41 Å². The maximum absolute atomic E-state index is 11.2. The summed E-state index contributed by atoms with van der Waals surface area (Å²) in [7, 11) is 1.54. The van der Waals surface area contributed by atoms with Crippen molar-refractivity contribution in [1.82, 2.24) is 0 Å². The van der Waals surface area contributed by atoms with E-state index in [-0.39, 0.29) is 4.88 Å². The summed E-state index contributed by atoms with van der Waals surface area (Å²) < 4.78 is 0. The molecule has 0 aliphatic carbocycles. The molecule has 1 heterocycles. The van der Waals surface area contributed by atoms with Gasteiger partial charge in [0.1, 0.15) is 4.88 Å². The Kier molecular flexibility index (Phi) is 3.43. The number of thiophene rings is 1. The van der Waals surface area contributed by atoms with Crippen LogP contribution in [0, 0.1) is 0 Å². The topological polar surface area (TPSA) is 57.6 Å². The van der Waals surface area contributed by atoms with E-state index in [2.05, 4.69) is 0 Å². The van der Waals surface area contributed by atoms with Crippen molar-refractivity contribution in [1.29, 1.82) is 0 Å². The van der Waals surface area contributed by atoms with Crippen LogP contribution in [0.15, 0.2) is 36.4 Å². The van der Waals surface area contributed by atoms with Gasteiger partial charge < -0.3 is 10.0 Å². The number of carboxylic acid groups (broad SMARTS) is 1. The second kappa shape index (κ2) is 5.01. The minimum atomic E-state index is -1.02. The SMILES string of the molecule is CN(C=O)c1cc(-c2ccccc2)sc1C(=O)O. The zero-order valence-electron chi connectivity index (χ0n) is 9.66. The summed E-state index contributed by atoms with van der Waals surface area (Å²) in [5, 5.41) is 9.14. The molecule has 0 saturated carbocycles. The standard InChI is InChI=1S/C13H11NO3S/c1-14(8-15)10-7-11(18-12(10)13(16)17)9-5-3-2-4-6-9/h2-8H,1H3,(H,16,17). The average Bonchev–Trinajstić information content (AvgIpc) is 2.84. The maximum atomic E-state index is 11.2. The highest BCUT2D eigenvalue weighted by Crippen LogP contribution is 2.35. The number of anilines is 1. The first-order valence-corrected chi connectivity index (χ1v) is 6.06. The fourth-order valence-electron chi connectivity index (χ4n) is 1.60. The van der Waals surface area contributed by atoms with Crippen LogP contribution < -0.4 is 4.90 Å². The lowest BCUT2D eigenvalue weighted by atomic mass is 10.2. The van der Waals surface area contributed by atoms with Crippen LogP contribution >= 0.6 is 11.3 Å². The number of hydrogen-bond donors (Lipinski definition) is 1. The van der Waals surface area contributed by atoms with E-state index in [0.29, 0.717) is 12.1 Å². The Bertz CT molecular complexity index is 577. The smallest absolute Gasteiger partial charge is 0.348 e. The van der Waals surface area contributed by atoms with Crippen LogP contribution in [0.2, 0.25) is 0 Å². The summed E-state index contributed by atoms with van der Waals surface area (Å²) in [6, 6.07) is 11.2. The van der Waals surface area contributed by atoms with Crippen molar-refractivity contribution in [3.63, 3.8) is 0 Å². The molecular formula is C13H11NO3S. The van der Waals surface area contributed by atoms with Crippen molar-refractivity contribution < 1.29 is 14.7 Å². The number of hydrogen-bond acceptors (Lipinski definition) is 3. The monoisotopic (exact) mass is 261 g/mol. The number of aromatic carboxylic acids is 1. The third-order valence-electron chi connectivity index (χ3n) is 2.50. The molecule has 0 saturated heterocycles. The van der Waals surface area contributed by atoms with Gasteiger partial charge in [-0.2, -0.15) is 0 Å². The van der Waals surface area contributed by atoms with Gasteiger partial charge in [-0.15, -0.1) is 11.3 Å². The summed E-state index contributed by atoms with van der Waals surface area (Å²) >= 11 is 1.16. The number of carboxylic acids is 1. The zero-order chi connectivity index (χ0) is 13.1. The van der Waals surface area contributed by atoms with E-state index in [1.54, 1.807) is 6.07 Å². The van der Waals surface area contributed by atoms with Crippen LogP contribution in [0.4, 0.5) is 5.69 Å². The van der Waals surface area contributed by atoms with Gasteiger partial charge in [0, 0.05) is 11.9 Å². The number of carbonyl (C=O) groups excluding carboxylic acids is 1. The summed E-state index contributed by atoms with van der Waals surface area (Å²) in [6.45, 7) is 0. The molecule has 5 heteroatoms. The molecule has 18 heavy (non-hydrogen) atoms. The Morgan fingerprint density at radius 1 is 1.33 bits per heavy atom. The first-order valence-electron chi connectivity index (χ1n) is 5.24. The van der Waals surface area contributed by atoms with Crippen molar-refractivity contribution >= 4 is 29.4 Å². The highest BCUT2D eigenvalue weighted by molar-refractivity contribution is 7.18. The van der Waals surface area contributed by atoms with Crippen molar-refractivity contribution in [2.24, 2.45) is 0 Å². The molecule has 0 aliphatic heterocycles. The maximum Gasteiger partial charge on any atom is 0.348 e. The van der Waals surface area contributed by atoms with Crippen LogP contribution in [0.5, 0.6) is 0 Å². The number of nitrogens with zero attached hydrogens (tertiary/aromatic N) is 1. The van der Waals surface area contributed by atoms with Crippen molar-refractivity contribution in [2.75, 3.05) is 11.9 Å². The van der Waals surface area contributed by atoms with Gasteiger partial charge in [-0.05, 0) is 11.6 Å². The molecule has 0 aliphatic rings. The molecule has 0 radical (unpaired) electrons. The molecular weight excluding hydrogens is 250 g/mol. The van der Waals surface area contributed by atoms with Gasteiger partial charge in [0.15, 0.2) is 0 Å². The molecule has 1 aromatic heterocycles. The van der Waals surface area contributed by atoms with E-state index < -0.39 is 5.97 Å². The second-order valence-corrected chi connectivity index (χ2v) is 4.76. The van der Waals surface area contributed by atoms with Crippen LogP contribution in [-0.2, 0) is 4.79 Å². The van der Waals surface area contributed by atoms with Crippen LogP contribution in [0.3, 0.4) is 0 Å². The van der Waals surface area contributed by atoms with E-state index in [1.807, 2.05) is 30.3 Å². The van der Waals surface area contributed by atoms with E-state index in [0.717, 1.165) is 21.8 Å². The van der Waals surface area contributed by atoms with Crippen molar-refractivity contribution in [2.45, 2.75) is 0 Å². The Hall–Kier alpha value is -2.14. The molecule has 1 aromatic carbocycles. The number of carbonyl (C=O) groups is 2. The van der Waals surface area contributed by atoms with Crippen LogP contribution in [0.1, 0.15) is 9.67 Å². The minimum absolute atomic E-state index is 0.170.